The predicted molar refractivity (Wildman–Crippen MR) is 116 cm³/mol. The van der Waals surface area contributed by atoms with Gasteiger partial charge in [0.1, 0.15) is 5.75 Å². The molecule has 0 atom stereocenters. The third-order valence-corrected chi connectivity index (χ3v) is 5.20. The molecule has 0 unspecified atom stereocenters. The van der Waals surface area contributed by atoms with Gasteiger partial charge in [0, 0.05) is 25.1 Å². The van der Waals surface area contributed by atoms with Gasteiger partial charge in [0.25, 0.3) is 0 Å². The molecule has 3 aromatic rings. The summed E-state index contributed by atoms with van der Waals surface area (Å²) in [5, 5.41) is 4.76. The lowest BCUT2D eigenvalue weighted by Gasteiger charge is -2.21. The summed E-state index contributed by atoms with van der Waals surface area (Å²) < 4.78 is 8.14. The standard InChI is InChI=1S/C24H29N3O2/c1-17(2)26(5)23(28)16-15-21-19(4)25-27(22-14-10-9-11-18(22)3)24(21)29-20-12-7-6-8-13-20/h6-14,17H,15-16H2,1-5H3. The van der Waals surface area contributed by atoms with Crippen molar-refractivity contribution >= 4 is 5.91 Å². The smallest absolute Gasteiger partial charge is 0.226 e. The second-order valence-electron chi connectivity index (χ2n) is 7.58. The summed E-state index contributed by atoms with van der Waals surface area (Å²) in [6, 6.07) is 17.9. The van der Waals surface area contributed by atoms with E-state index in [1.807, 2.05) is 81.0 Å². The quantitative estimate of drug-likeness (QED) is 0.564. The van der Waals surface area contributed by atoms with Crippen molar-refractivity contribution in [1.82, 2.24) is 14.7 Å². The molecule has 0 N–H and O–H groups in total. The Morgan fingerprint density at radius 3 is 2.38 bits per heavy atom. The Bertz CT molecular complexity index is 977. The number of hydrogen-bond donors (Lipinski definition) is 0. The summed E-state index contributed by atoms with van der Waals surface area (Å²) >= 11 is 0. The average molecular weight is 392 g/mol. The first-order valence-electron chi connectivity index (χ1n) is 10.0. The minimum atomic E-state index is 0.119. The van der Waals surface area contributed by atoms with Gasteiger partial charge in [-0.1, -0.05) is 36.4 Å². The van der Waals surface area contributed by atoms with Gasteiger partial charge in [0.15, 0.2) is 0 Å². The van der Waals surface area contributed by atoms with E-state index in [1.54, 1.807) is 4.90 Å². The Balaban J connectivity index is 1.99. The number of aromatic nitrogens is 2. The summed E-state index contributed by atoms with van der Waals surface area (Å²) in [6.07, 6.45) is 0.996. The van der Waals surface area contributed by atoms with E-state index in [2.05, 4.69) is 13.0 Å². The van der Waals surface area contributed by atoms with Crippen molar-refractivity contribution in [2.75, 3.05) is 7.05 Å². The van der Waals surface area contributed by atoms with E-state index in [0.29, 0.717) is 18.7 Å². The van der Waals surface area contributed by atoms with Gasteiger partial charge in [0.2, 0.25) is 11.8 Å². The number of para-hydroxylation sites is 2. The first kappa shape index (κ1) is 20.6. The molecule has 0 aliphatic rings. The Morgan fingerprint density at radius 2 is 1.72 bits per heavy atom. The normalized spacial score (nSPS) is 11.0. The molecule has 0 saturated heterocycles. The first-order valence-corrected chi connectivity index (χ1v) is 10.0. The maximum Gasteiger partial charge on any atom is 0.226 e. The van der Waals surface area contributed by atoms with Gasteiger partial charge in [-0.05, 0) is 57.9 Å². The molecule has 1 aromatic heterocycles. The number of carbonyl (C=O) groups excluding carboxylic acids is 1. The van der Waals surface area contributed by atoms with Gasteiger partial charge in [-0.15, -0.1) is 0 Å². The van der Waals surface area contributed by atoms with Crippen LogP contribution in [0.15, 0.2) is 54.6 Å². The molecule has 0 bridgehead atoms. The van der Waals surface area contributed by atoms with E-state index in [9.17, 15) is 4.79 Å². The van der Waals surface area contributed by atoms with Crippen LogP contribution in [-0.4, -0.2) is 33.7 Å². The summed E-state index contributed by atoms with van der Waals surface area (Å²) in [5.41, 5.74) is 3.91. The van der Waals surface area contributed by atoms with Crippen LogP contribution in [0.5, 0.6) is 11.6 Å². The van der Waals surface area contributed by atoms with Gasteiger partial charge in [-0.3, -0.25) is 4.79 Å². The molecular formula is C24H29N3O2. The summed E-state index contributed by atoms with van der Waals surface area (Å²) in [6.45, 7) is 8.06. The number of hydrogen-bond acceptors (Lipinski definition) is 3. The average Bonchev–Trinajstić information content (AvgIpc) is 3.01. The molecule has 0 fully saturated rings. The van der Waals surface area contributed by atoms with E-state index >= 15 is 0 Å². The van der Waals surface area contributed by atoms with Crippen molar-refractivity contribution < 1.29 is 9.53 Å². The fraction of sp³-hybridized carbons (Fsp3) is 0.333. The van der Waals surface area contributed by atoms with Crippen molar-refractivity contribution in [2.45, 2.75) is 46.6 Å². The van der Waals surface area contributed by atoms with E-state index in [1.165, 1.54) is 0 Å². The fourth-order valence-electron chi connectivity index (χ4n) is 3.19. The van der Waals surface area contributed by atoms with Gasteiger partial charge >= 0.3 is 0 Å². The molecule has 1 amide bonds. The number of aryl methyl sites for hydroxylation is 2. The summed E-state index contributed by atoms with van der Waals surface area (Å²) in [4.78, 5) is 14.3. The molecule has 3 rings (SSSR count). The molecule has 1 heterocycles. The molecular weight excluding hydrogens is 362 g/mol. The Hall–Kier alpha value is -3.08. The van der Waals surface area contributed by atoms with Gasteiger partial charge in [0.05, 0.1) is 11.4 Å². The van der Waals surface area contributed by atoms with Gasteiger partial charge in [-0.25, -0.2) is 0 Å². The van der Waals surface area contributed by atoms with Crippen molar-refractivity contribution in [1.29, 1.82) is 0 Å². The second kappa shape index (κ2) is 8.95. The van der Waals surface area contributed by atoms with Crippen LogP contribution < -0.4 is 4.74 Å². The highest BCUT2D eigenvalue weighted by Crippen LogP contribution is 2.32. The van der Waals surface area contributed by atoms with Crippen molar-refractivity contribution in [2.24, 2.45) is 0 Å². The van der Waals surface area contributed by atoms with Crippen LogP contribution in [0.25, 0.3) is 5.69 Å². The number of amides is 1. The fourth-order valence-corrected chi connectivity index (χ4v) is 3.19. The van der Waals surface area contributed by atoms with Crippen LogP contribution in [0, 0.1) is 13.8 Å². The largest absolute Gasteiger partial charge is 0.439 e. The molecule has 5 nitrogen and oxygen atoms in total. The lowest BCUT2D eigenvalue weighted by atomic mass is 10.1. The Kier molecular flexibility index (Phi) is 6.37. The monoisotopic (exact) mass is 391 g/mol. The summed E-state index contributed by atoms with van der Waals surface area (Å²) in [7, 11) is 1.85. The first-order chi connectivity index (χ1) is 13.9. The lowest BCUT2D eigenvalue weighted by Crippen LogP contribution is -2.33. The zero-order chi connectivity index (χ0) is 21.0. The van der Waals surface area contributed by atoms with Crippen LogP contribution in [0.3, 0.4) is 0 Å². The zero-order valence-electron chi connectivity index (χ0n) is 17.8. The highest BCUT2D eigenvalue weighted by molar-refractivity contribution is 5.76. The van der Waals surface area contributed by atoms with Crippen LogP contribution in [-0.2, 0) is 11.2 Å². The third kappa shape index (κ3) is 4.67. The van der Waals surface area contributed by atoms with Gasteiger partial charge in [-0.2, -0.15) is 9.78 Å². The van der Waals surface area contributed by atoms with E-state index < -0.39 is 0 Å². The molecule has 152 valence electrons. The maximum atomic E-state index is 12.5. The summed E-state index contributed by atoms with van der Waals surface area (Å²) in [5.74, 6) is 1.53. The molecule has 0 aliphatic carbocycles. The molecule has 0 aliphatic heterocycles. The van der Waals surface area contributed by atoms with Gasteiger partial charge < -0.3 is 9.64 Å². The number of carbonyl (C=O) groups is 1. The zero-order valence-corrected chi connectivity index (χ0v) is 17.8. The minimum Gasteiger partial charge on any atom is -0.439 e. The van der Waals surface area contributed by atoms with E-state index in [0.717, 1.165) is 28.3 Å². The van der Waals surface area contributed by atoms with Crippen LogP contribution in [0.2, 0.25) is 0 Å². The highest BCUT2D eigenvalue weighted by atomic mass is 16.5. The molecule has 2 aromatic carbocycles. The lowest BCUT2D eigenvalue weighted by molar-refractivity contribution is -0.131. The number of nitrogens with zero attached hydrogens (tertiary/aromatic N) is 3. The van der Waals surface area contributed by atoms with E-state index in [4.69, 9.17) is 9.84 Å². The number of benzene rings is 2. The highest BCUT2D eigenvalue weighted by Gasteiger charge is 2.21. The topological polar surface area (TPSA) is 47.4 Å². The van der Waals surface area contributed by atoms with Crippen LogP contribution in [0.1, 0.15) is 37.1 Å². The van der Waals surface area contributed by atoms with Crippen molar-refractivity contribution in [3.63, 3.8) is 0 Å². The van der Waals surface area contributed by atoms with Crippen molar-refractivity contribution in [3.8, 4) is 17.3 Å². The molecule has 29 heavy (non-hydrogen) atoms. The van der Waals surface area contributed by atoms with E-state index in [-0.39, 0.29) is 11.9 Å². The number of rotatable bonds is 7. The maximum absolute atomic E-state index is 12.5. The Morgan fingerprint density at radius 1 is 1.07 bits per heavy atom. The predicted octanol–water partition coefficient (Wildman–Crippen LogP) is 5.08. The number of ether oxygens (including phenoxy) is 1. The molecule has 0 radical (unpaired) electrons. The van der Waals surface area contributed by atoms with Crippen molar-refractivity contribution in [3.05, 3.63) is 71.4 Å². The van der Waals surface area contributed by atoms with Crippen LogP contribution >= 0.6 is 0 Å². The Labute approximate surface area is 172 Å². The SMILES string of the molecule is Cc1ccccc1-n1nc(C)c(CCC(=O)N(C)C(C)C)c1Oc1ccccc1. The molecule has 0 spiro atoms. The molecule has 0 saturated carbocycles. The minimum absolute atomic E-state index is 0.119. The molecule has 5 heteroatoms. The van der Waals surface area contributed by atoms with Crippen LogP contribution in [0.4, 0.5) is 0 Å². The third-order valence-electron chi connectivity index (χ3n) is 5.20. The second-order valence-corrected chi connectivity index (χ2v) is 7.58.